The molecule has 0 saturated heterocycles. The Morgan fingerprint density at radius 3 is 1.59 bits per heavy atom. The number of hydrogen-bond acceptors (Lipinski definition) is 6. The molecule has 8 nitrogen and oxygen atoms in total. The molecule has 2 aromatic rings. The molecule has 8 heteroatoms. The Morgan fingerprint density at radius 2 is 1.17 bits per heavy atom. The fraction of sp³-hybridized carbons (Fsp3) is 0.333. The Morgan fingerprint density at radius 1 is 0.759 bits per heavy atom. The van der Waals surface area contributed by atoms with E-state index in [0.29, 0.717) is 42.1 Å². The maximum absolute atomic E-state index is 11.8. The van der Waals surface area contributed by atoms with E-state index in [-0.39, 0.29) is 13.2 Å². The zero-order chi connectivity index (χ0) is 20.6. The second-order valence-corrected chi connectivity index (χ2v) is 6.58. The Balaban J connectivity index is 1.85. The van der Waals surface area contributed by atoms with E-state index >= 15 is 0 Å². The van der Waals surface area contributed by atoms with Gasteiger partial charge in [-0.1, -0.05) is 36.4 Å². The normalized spacial score (nSPS) is 20.6. The molecule has 0 saturated carbocycles. The predicted molar refractivity (Wildman–Crippen MR) is 105 cm³/mol. The lowest BCUT2D eigenvalue weighted by molar-refractivity contribution is -0.140. The topological polar surface area (TPSA) is 117 Å². The van der Waals surface area contributed by atoms with Gasteiger partial charge < -0.3 is 30.3 Å². The average molecular weight is 400 g/mol. The van der Waals surface area contributed by atoms with E-state index in [1.165, 1.54) is 0 Å². The minimum absolute atomic E-state index is 0.183. The van der Waals surface area contributed by atoms with Gasteiger partial charge in [0, 0.05) is 11.1 Å². The molecule has 2 aromatic carbocycles. The standard InChI is InChI=1S/C21H24N2O6/c24-20(25)18-14-6-1-3-8-16(14)28-12-13-29-17-9-4-2-7-15(17)19(21(26)27)23-11-5-10-22-18/h1-4,6-9,18-19,22-23H,5,10-13H2,(H,24,25)(H,26,27). The van der Waals surface area contributed by atoms with Gasteiger partial charge in [0.15, 0.2) is 0 Å². The summed E-state index contributed by atoms with van der Waals surface area (Å²) in [6.45, 7) is 1.15. The van der Waals surface area contributed by atoms with E-state index in [1.807, 2.05) is 0 Å². The van der Waals surface area contributed by atoms with Crippen LogP contribution >= 0.6 is 0 Å². The first kappa shape index (κ1) is 20.6. The molecule has 3 rings (SSSR count). The zero-order valence-electron chi connectivity index (χ0n) is 15.8. The molecule has 4 N–H and O–H groups in total. The summed E-state index contributed by atoms with van der Waals surface area (Å²) < 4.78 is 11.5. The van der Waals surface area contributed by atoms with Crippen molar-refractivity contribution in [3.63, 3.8) is 0 Å². The van der Waals surface area contributed by atoms with Crippen molar-refractivity contribution < 1.29 is 29.3 Å². The summed E-state index contributed by atoms with van der Waals surface area (Å²) in [5, 5.41) is 25.3. The predicted octanol–water partition coefficient (Wildman–Crippen LogP) is 1.98. The van der Waals surface area contributed by atoms with Crippen molar-refractivity contribution in [2.75, 3.05) is 26.3 Å². The van der Waals surface area contributed by atoms with E-state index in [0.717, 1.165) is 0 Å². The highest BCUT2D eigenvalue weighted by atomic mass is 16.5. The van der Waals surface area contributed by atoms with Crippen LogP contribution in [-0.2, 0) is 9.59 Å². The minimum Gasteiger partial charge on any atom is -0.490 e. The maximum Gasteiger partial charge on any atom is 0.325 e. The monoisotopic (exact) mass is 400 g/mol. The fourth-order valence-electron chi connectivity index (χ4n) is 3.25. The third-order valence-corrected chi connectivity index (χ3v) is 4.60. The first-order valence-electron chi connectivity index (χ1n) is 9.43. The van der Waals surface area contributed by atoms with Gasteiger partial charge in [-0.3, -0.25) is 9.59 Å². The van der Waals surface area contributed by atoms with Crippen molar-refractivity contribution in [2.45, 2.75) is 18.5 Å². The number of rotatable bonds is 2. The fourth-order valence-corrected chi connectivity index (χ4v) is 3.25. The van der Waals surface area contributed by atoms with Crippen LogP contribution in [0.15, 0.2) is 48.5 Å². The number of carboxylic acid groups (broad SMARTS) is 2. The summed E-state index contributed by atoms with van der Waals surface area (Å²) in [6.07, 6.45) is 0.541. The molecule has 0 aromatic heterocycles. The molecular formula is C21H24N2O6. The molecule has 0 fully saturated rings. The number of ether oxygens (including phenoxy) is 2. The summed E-state index contributed by atoms with van der Waals surface area (Å²) in [7, 11) is 0. The van der Waals surface area contributed by atoms with Crippen molar-refractivity contribution in [3.8, 4) is 11.5 Å². The van der Waals surface area contributed by atoms with Gasteiger partial charge in [-0.2, -0.15) is 0 Å². The quantitative estimate of drug-likeness (QED) is 0.605. The number of fused-ring (bicyclic) bond motifs is 2. The van der Waals surface area contributed by atoms with Crippen LogP contribution in [0.1, 0.15) is 29.6 Å². The molecule has 2 atom stereocenters. The van der Waals surface area contributed by atoms with Gasteiger partial charge >= 0.3 is 11.9 Å². The number of hydrogen-bond donors (Lipinski definition) is 4. The molecule has 29 heavy (non-hydrogen) atoms. The minimum atomic E-state index is -1.01. The summed E-state index contributed by atoms with van der Waals surface area (Å²) in [4.78, 5) is 23.5. The molecule has 0 amide bonds. The number of benzene rings is 2. The summed E-state index contributed by atoms with van der Waals surface area (Å²) in [5.74, 6) is -1.07. The highest BCUT2D eigenvalue weighted by Gasteiger charge is 2.25. The van der Waals surface area contributed by atoms with Gasteiger partial charge in [0.2, 0.25) is 0 Å². The van der Waals surface area contributed by atoms with Crippen LogP contribution in [0.5, 0.6) is 11.5 Å². The lowest BCUT2D eigenvalue weighted by Gasteiger charge is -2.19. The summed E-state index contributed by atoms with van der Waals surface area (Å²) >= 11 is 0. The lowest BCUT2D eigenvalue weighted by atomic mass is 10.1. The van der Waals surface area contributed by atoms with Crippen LogP contribution in [0, 0.1) is 0 Å². The van der Waals surface area contributed by atoms with Gasteiger partial charge in [0.25, 0.3) is 0 Å². The molecule has 1 heterocycles. The molecule has 1 aliphatic heterocycles. The van der Waals surface area contributed by atoms with E-state index < -0.39 is 24.0 Å². The SMILES string of the molecule is O=C(O)C1NCCCNC(C(=O)O)c2ccccc2OCCOc2ccccc21. The Hall–Kier alpha value is -3.10. The number of para-hydroxylation sites is 2. The molecule has 0 aliphatic carbocycles. The molecule has 1 aliphatic rings. The van der Waals surface area contributed by atoms with Crippen LogP contribution in [0.25, 0.3) is 0 Å². The average Bonchev–Trinajstić information content (AvgIpc) is 2.71. The summed E-state index contributed by atoms with van der Waals surface area (Å²) in [5.41, 5.74) is 1.07. The second kappa shape index (κ2) is 9.90. The second-order valence-electron chi connectivity index (χ2n) is 6.58. The van der Waals surface area contributed by atoms with Gasteiger partial charge in [0.05, 0.1) is 0 Å². The number of aliphatic carboxylic acids is 2. The largest absolute Gasteiger partial charge is 0.490 e. The molecule has 0 radical (unpaired) electrons. The van der Waals surface area contributed by atoms with E-state index in [2.05, 4.69) is 10.6 Å². The summed E-state index contributed by atoms with van der Waals surface area (Å²) in [6, 6.07) is 12.1. The first-order valence-corrected chi connectivity index (χ1v) is 9.43. The van der Waals surface area contributed by atoms with E-state index in [4.69, 9.17) is 9.47 Å². The van der Waals surface area contributed by atoms with Crippen molar-refractivity contribution in [1.82, 2.24) is 10.6 Å². The van der Waals surface area contributed by atoms with Gasteiger partial charge in [0.1, 0.15) is 36.8 Å². The number of nitrogens with one attached hydrogen (secondary N) is 2. The van der Waals surface area contributed by atoms with Gasteiger partial charge in [-0.05, 0) is 31.6 Å². The molecule has 0 spiro atoms. The third kappa shape index (κ3) is 5.24. The maximum atomic E-state index is 11.8. The number of carbonyl (C=O) groups is 2. The highest BCUT2D eigenvalue weighted by molar-refractivity contribution is 5.77. The zero-order valence-corrected chi connectivity index (χ0v) is 15.8. The highest BCUT2D eigenvalue weighted by Crippen LogP contribution is 2.27. The van der Waals surface area contributed by atoms with Crippen molar-refractivity contribution >= 4 is 11.9 Å². The van der Waals surface area contributed by atoms with Crippen LogP contribution in [0.3, 0.4) is 0 Å². The molecule has 2 unspecified atom stereocenters. The smallest absolute Gasteiger partial charge is 0.325 e. The van der Waals surface area contributed by atoms with Crippen molar-refractivity contribution in [2.24, 2.45) is 0 Å². The van der Waals surface area contributed by atoms with Crippen LogP contribution < -0.4 is 20.1 Å². The van der Waals surface area contributed by atoms with Crippen molar-refractivity contribution in [1.29, 1.82) is 0 Å². The van der Waals surface area contributed by atoms with E-state index in [9.17, 15) is 19.8 Å². The van der Waals surface area contributed by atoms with Crippen LogP contribution in [0.4, 0.5) is 0 Å². The van der Waals surface area contributed by atoms with Crippen LogP contribution in [0.2, 0.25) is 0 Å². The number of carboxylic acids is 2. The first-order chi connectivity index (χ1) is 14.1. The lowest BCUT2D eigenvalue weighted by Crippen LogP contribution is -2.33. The Kier molecular flexibility index (Phi) is 7.04. The molecular weight excluding hydrogens is 376 g/mol. The van der Waals surface area contributed by atoms with Gasteiger partial charge in [-0.25, -0.2) is 0 Å². The van der Waals surface area contributed by atoms with Crippen molar-refractivity contribution in [3.05, 3.63) is 59.7 Å². The Labute approximate surface area is 168 Å². The third-order valence-electron chi connectivity index (χ3n) is 4.60. The Bertz CT molecular complexity index is 787. The van der Waals surface area contributed by atoms with Gasteiger partial charge in [-0.15, -0.1) is 0 Å². The molecule has 154 valence electrons. The van der Waals surface area contributed by atoms with E-state index in [1.54, 1.807) is 48.5 Å². The van der Waals surface area contributed by atoms with Crippen LogP contribution in [-0.4, -0.2) is 48.5 Å². The molecule has 0 bridgehead atoms.